The van der Waals surface area contributed by atoms with Gasteiger partial charge in [-0.3, -0.25) is 28.8 Å². The molecule has 6 amide bonds. The minimum absolute atomic E-state index is 0.0534. The van der Waals surface area contributed by atoms with Crippen LogP contribution < -0.4 is 31.3 Å². The van der Waals surface area contributed by atoms with Crippen molar-refractivity contribution >= 4 is 41.1 Å². The number of nitrogens with one attached hydrogen (secondary N) is 5. The minimum atomic E-state index is -2.26. The average Bonchev–Trinajstić information content (AvgIpc) is 3.92. The van der Waals surface area contributed by atoms with Crippen molar-refractivity contribution in [2.24, 2.45) is 5.92 Å². The fourth-order valence-electron chi connectivity index (χ4n) is 9.27. The zero-order chi connectivity index (χ0) is 54.1. The summed E-state index contributed by atoms with van der Waals surface area (Å²) >= 11 is 0. The number of phenolic OH excluding ortho intramolecular Hbond substituents is 1. The molecule has 23 nitrogen and oxygen atoms in total. The number of amides is 6. The van der Waals surface area contributed by atoms with Gasteiger partial charge in [0, 0.05) is 37.5 Å². The summed E-state index contributed by atoms with van der Waals surface area (Å²) in [5.74, 6) is -7.35. The van der Waals surface area contributed by atoms with E-state index < -0.39 is 146 Å². The summed E-state index contributed by atoms with van der Waals surface area (Å²) in [6, 6.07) is 7.89. The van der Waals surface area contributed by atoms with Crippen molar-refractivity contribution in [1.29, 1.82) is 0 Å². The molecule has 3 aliphatic rings. The minimum Gasteiger partial charge on any atom is -0.508 e. The Morgan fingerprint density at radius 3 is 1.82 bits per heavy atom. The van der Waals surface area contributed by atoms with Crippen LogP contribution in [0, 0.1) is 5.92 Å². The second kappa shape index (κ2) is 25.2. The van der Waals surface area contributed by atoms with Crippen LogP contribution >= 0.6 is 0 Å². The molecule has 0 saturated carbocycles. The highest BCUT2D eigenvalue weighted by atomic mass is 16.5. The second-order valence-corrected chi connectivity index (χ2v) is 19.4. The average molecular weight is 1040 g/mol. The smallest absolute Gasteiger partial charge is 0.248 e. The van der Waals surface area contributed by atoms with Crippen molar-refractivity contribution in [1.82, 2.24) is 31.1 Å². The Morgan fingerprint density at radius 2 is 1.23 bits per heavy atom. The number of anilines is 1. The topological polar surface area (TPSA) is 360 Å². The number of aliphatic hydroxyl groups is 8. The molecule has 74 heavy (non-hydrogen) atoms. The van der Waals surface area contributed by atoms with Gasteiger partial charge in [0.15, 0.2) is 6.23 Å². The zero-order valence-corrected chi connectivity index (χ0v) is 41.5. The predicted octanol–water partition coefficient (Wildman–Crippen LogP) is -1.91. The Balaban J connectivity index is 1.35. The van der Waals surface area contributed by atoms with Gasteiger partial charge in [0.05, 0.1) is 31.0 Å². The number of ether oxygens (including phenoxy) is 1. The van der Waals surface area contributed by atoms with Gasteiger partial charge in [-0.05, 0) is 73.4 Å². The molecule has 3 aliphatic heterocycles. The molecular formula is C51H69N7O16. The highest BCUT2D eigenvalue weighted by Gasteiger charge is 2.50. The van der Waals surface area contributed by atoms with Gasteiger partial charge in [0.1, 0.15) is 66.1 Å². The van der Waals surface area contributed by atoms with Gasteiger partial charge in [-0.1, -0.05) is 63.1 Å². The number of carbonyl (C=O) groups is 6. The van der Waals surface area contributed by atoms with E-state index in [4.69, 9.17) is 4.74 Å². The molecular weight excluding hydrogens is 967 g/mol. The molecule has 15 atom stereocenters. The first-order chi connectivity index (χ1) is 35.1. The monoisotopic (exact) mass is 1040 g/mol. The third-order valence-corrected chi connectivity index (χ3v) is 13.6. The van der Waals surface area contributed by atoms with Crippen molar-refractivity contribution in [2.45, 2.75) is 145 Å². The summed E-state index contributed by atoms with van der Waals surface area (Å²) in [5, 5.41) is 112. The van der Waals surface area contributed by atoms with Gasteiger partial charge < -0.3 is 87.1 Å². The number of fused-ring (bicyclic) bond motifs is 2. The van der Waals surface area contributed by atoms with Gasteiger partial charge in [-0.15, -0.1) is 0 Å². The number of hydrogen-bond donors (Lipinski definition) is 14. The molecule has 6 rings (SSSR count). The van der Waals surface area contributed by atoms with Crippen LogP contribution in [-0.4, -0.2) is 190 Å². The number of unbranched alkanes of at least 4 members (excludes halogenated alkanes) is 2. The van der Waals surface area contributed by atoms with Crippen molar-refractivity contribution in [3.63, 3.8) is 0 Å². The summed E-state index contributed by atoms with van der Waals surface area (Å²) < 4.78 is 5.83. The molecule has 0 aliphatic carbocycles. The number of aliphatic hydroxyl groups excluding tert-OH is 8. The maximum Gasteiger partial charge on any atom is 0.248 e. The third-order valence-electron chi connectivity index (χ3n) is 13.6. The van der Waals surface area contributed by atoms with E-state index in [-0.39, 0.29) is 17.9 Å². The molecule has 3 aromatic rings. The number of benzene rings is 3. The van der Waals surface area contributed by atoms with E-state index in [2.05, 4.69) is 33.5 Å². The van der Waals surface area contributed by atoms with Crippen LogP contribution in [0.5, 0.6) is 11.5 Å². The number of carbonyl (C=O) groups excluding carboxylic acids is 6. The standard InChI is InChI=1S/C51H69N7O16/c1-5-6-7-20-74-34-18-12-29(13-19-34)28-8-14-31(15-9-28)52-35-22-37(63)47(69)56-49(71)41-42(64)25(2)23-58(41)51(73)39(27(4)60)54-48(70)40(44(66)43(65)30-10-16-32(61)17-11-30)55-46(68)36-21-33(62)24-57(36)50(72)38(26(3)59)53-45(35)67/h8-19,25-27,33,35-44,47,52,59-66,69H,5-7,20-24H2,1-4H3,(H,53,67)(H,54,70)(H,55,68)(H,56,71). The van der Waals surface area contributed by atoms with E-state index in [0.29, 0.717) is 18.0 Å². The fraction of sp³-hybridized carbons (Fsp3) is 0.529. The van der Waals surface area contributed by atoms with Crippen molar-refractivity contribution < 1.29 is 79.5 Å². The molecule has 0 spiro atoms. The summed E-state index contributed by atoms with van der Waals surface area (Å²) in [4.78, 5) is 87.4. The van der Waals surface area contributed by atoms with E-state index in [1.165, 1.54) is 31.2 Å². The van der Waals surface area contributed by atoms with Crippen molar-refractivity contribution in [2.75, 3.05) is 25.0 Å². The van der Waals surface area contributed by atoms with Crippen LogP contribution in [0.4, 0.5) is 5.69 Å². The second-order valence-electron chi connectivity index (χ2n) is 19.4. The van der Waals surface area contributed by atoms with Gasteiger partial charge in [-0.2, -0.15) is 0 Å². The summed E-state index contributed by atoms with van der Waals surface area (Å²) in [5.41, 5.74) is 1.87. The number of aromatic hydroxyl groups is 1. The molecule has 15 unspecified atom stereocenters. The Labute approximate surface area is 427 Å². The van der Waals surface area contributed by atoms with Crippen LogP contribution in [0.15, 0.2) is 72.8 Å². The zero-order valence-electron chi connectivity index (χ0n) is 41.5. The summed E-state index contributed by atoms with van der Waals surface area (Å²) in [6.07, 6.45) is -12.9. The lowest BCUT2D eigenvalue weighted by molar-refractivity contribution is -0.148. The van der Waals surface area contributed by atoms with Crippen LogP contribution in [0.25, 0.3) is 11.1 Å². The van der Waals surface area contributed by atoms with E-state index >= 15 is 0 Å². The first-order valence-corrected chi connectivity index (χ1v) is 24.8. The fourth-order valence-corrected chi connectivity index (χ4v) is 9.27. The highest BCUT2D eigenvalue weighted by Crippen LogP contribution is 2.29. The van der Waals surface area contributed by atoms with Crippen LogP contribution in [0.3, 0.4) is 0 Å². The number of phenols is 1. The molecule has 3 saturated heterocycles. The third kappa shape index (κ3) is 13.6. The molecule has 0 aromatic heterocycles. The maximum absolute atomic E-state index is 14.4. The van der Waals surface area contributed by atoms with Gasteiger partial charge in [-0.25, -0.2) is 0 Å². The largest absolute Gasteiger partial charge is 0.508 e. The Bertz CT molecular complexity index is 2410. The van der Waals surface area contributed by atoms with E-state index in [9.17, 15) is 74.7 Å². The SMILES string of the molecule is CCCCCOc1ccc(-c2ccc(NC3CC(O)C(O)NC(=O)C4C(O)C(C)CN4C(=O)C(C(C)O)NC(=O)C(C(O)C(O)c4ccc(O)cc4)NC(=O)C4CC(O)CN4C(=O)C(C(C)O)NC3=O)cc2)cc1. The molecule has 23 heteroatoms. The summed E-state index contributed by atoms with van der Waals surface area (Å²) in [7, 11) is 0. The van der Waals surface area contributed by atoms with E-state index in [0.717, 1.165) is 54.0 Å². The van der Waals surface area contributed by atoms with Crippen molar-refractivity contribution in [3.05, 3.63) is 78.4 Å². The number of nitrogens with zero attached hydrogens (tertiary/aromatic N) is 2. The van der Waals surface area contributed by atoms with Gasteiger partial charge >= 0.3 is 0 Å². The van der Waals surface area contributed by atoms with E-state index in [1.807, 2.05) is 24.3 Å². The lowest BCUT2D eigenvalue weighted by Crippen LogP contribution is -2.64. The summed E-state index contributed by atoms with van der Waals surface area (Å²) in [6.45, 7) is 5.59. The Hall–Kier alpha value is -6.44. The van der Waals surface area contributed by atoms with Gasteiger partial charge in [0.25, 0.3) is 0 Å². The molecule has 3 heterocycles. The molecule has 0 bridgehead atoms. The van der Waals surface area contributed by atoms with Crippen LogP contribution in [0.1, 0.15) is 71.5 Å². The molecule has 3 fully saturated rings. The number of rotatable bonds is 13. The van der Waals surface area contributed by atoms with Crippen molar-refractivity contribution in [3.8, 4) is 22.6 Å². The molecule has 0 radical (unpaired) electrons. The molecule has 404 valence electrons. The Morgan fingerprint density at radius 1 is 0.662 bits per heavy atom. The Kier molecular flexibility index (Phi) is 19.4. The van der Waals surface area contributed by atoms with Gasteiger partial charge in [0.2, 0.25) is 35.4 Å². The normalized spacial score (nSPS) is 29.3. The lowest BCUT2D eigenvalue weighted by Gasteiger charge is -2.34. The molecule has 3 aromatic carbocycles. The van der Waals surface area contributed by atoms with Crippen LogP contribution in [-0.2, 0) is 28.8 Å². The maximum atomic E-state index is 14.4. The first kappa shape index (κ1) is 56.8. The quantitative estimate of drug-likeness (QED) is 0.0831. The predicted molar refractivity (Wildman–Crippen MR) is 264 cm³/mol. The van der Waals surface area contributed by atoms with Crippen LogP contribution in [0.2, 0.25) is 0 Å². The molecule has 14 N–H and O–H groups in total. The first-order valence-electron chi connectivity index (χ1n) is 24.8. The number of hydrogen-bond acceptors (Lipinski definition) is 17. The highest BCUT2D eigenvalue weighted by molar-refractivity contribution is 5.98. The lowest BCUT2D eigenvalue weighted by atomic mass is 9.96. The van der Waals surface area contributed by atoms with E-state index in [1.54, 1.807) is 24.3 Å².